The number of likely N-dealkylation sites (tertiary alicyclic amines) is 1. The van der Waals surface area contributed by atoms with Gasteiger partial charge in [0.1, 0.15) is 0 Å². The molecule has 7 heteroatoms. The molecule has 1 aromatic carbocycles. The number of aromatic nitrogens is 2. The van der Waals surface area contributed by atoms with Crippen LogP contribution in [0.5, 0.6) is 0 Å². The predicted octanol–water partition coefficient (Wildman–Crippen LogP) is 2.84. The third-order valence-electron chi connectivity index (χ3n) is 5.36. The Labute approximate surface area is 159 Å². The van der Waals surface area contributed by atoms with Gasteiger partial charge in [-0.3, -0.25) is 5.10 Å². The van der Waals surface area contributed by atoms with Gasteiger partial charge in [-0.2, -0.15) is 5.10 Å². The molecule has 3 N–H and O–H groups in total. The highest BCUT2D eigenvalue weighted by atomic mass is 16.5. The largest absolute Gasteiger partial charge is 0.377 e. The number of nitrogens with zero attached hydrogens (tertiary/aromatic N) is 2. The number of nitrogens with one attached hydrogen (secondary N) is 3. The Bertz CT molecular complexity index is 717. The molecule has 1 atom stereocenters. The summed E-state index contributed by atoms with van der Waals surface area (Å²) in [5.74, 6) is 0. The van der Waals surface area contributed by atoms with E-state index in [0.717, 1.165) is 56.0 Å². The summed E-state index contributed by atoms with van der Waals surface area (Å²) in [6.07, 6.45) is 6.46. The van der Waals surface area contributed by atoms with Crippen LogP contribution in [0.4, 0.5) is 10.5 Å². The topological polar surface area (TPSA) is 82.3 Å². The zero-order valence-corrected chi connectivity index (χ0v) is 15.5. The van der Waals surface area contributed by atoms with Crippen LogP contribution in [0.15, 0.2) is 36.5 Å². The smallest absolute Gasteiger partial charge is 0.319 e. The van der Waals surface area contributed by atoms with Crippen LogP contribution in [0.3, 0.4) is 0 Å². The van der Waals surface area contributed by atoms with Crippen molar-refractivity contribution in [3.05, 3.63) is 36.5 Å². The van der Waals surface area contributed by atoms with Crippen molar-refractivity contribution in [3.8, 4) is 11.3 Å². The average Bonchev–Trinajstić information content (AvgIpc) is 3.38. The summed E-state index contributed by atoms with van der Waals surface area (Å²) in [6.45, 7) is 3.97. The number of carbonyl (C=O) groups is 1. The fourth-order valence-corrected chi connectivity index (χ4v) is 3.84. The predicted molar refractivity (Wildman–Crippen MR) is 105 cm³/mol. The number of aromatic amines is 1. The third kappa shape index (κ3) is 4.87. The molecule has 0 radical (unpaired) electrons. The van der Waals surface area contributed by atoms with E-state index < -0.39 is 0 Å². The molecule has 0 spiro atoms. The number of ether oxygens (including phenoxy) is 1. The standard InChI is InChI=1S/C20H27N5O2/c26-20(22-16-5-3-15(4-6-16)19-7-10-21-24-19)23-17-8-11-25(12-9-17)14-18-2-1-13-27-18/h3-7,10,17-18H,1-2,8-9,11-14H2,(H,21,24)(H2,22,23,26)/t18-/m1/s1. The van der Waals surface area contributed by atoms with Crippen LogP contribution in [0, 0.1) is 0 Å². The lowest BCUT2D eigenvalue weighted by molar-refractivity contribution is 0.0633. The Balaban J connectivity index is 1.20. The summed E-state index contributed by atoms with van der Waals surface area (Å²) in [6, 6.07) is 9.75. The van der Waals surface area contributed by atoms with E-state index in [4.69, 9.17) is 4.74 Å². The van der Waals surface area contributed by atoms with E-state index in [9.17, 15) is 4.79 Å². The maximum atomic E-state index is 12.3. The van der Waals surface area contributed by atoms with Gasteiger partial charge in [-0.25, -0.2) is 4.79 Å². The monoisotopic (exact) mass is 369 g/mol. The van der Waals surface area contributed by atoms with Crippen LogP contribution in [0.2, 0.25) is 0 Å². The van der Waals surface area contributed by atoms with Crippen molar-refractivity contribution in [1.82, 2.24) is 20.4 Å². The molecule has 2 fully saturated rings. The Kier molecular flexibility index (Phi) is 5.69. The van der Waals surface area contributed by atoms with Crippen LogP contribution in [0.1, 0.15) is 25.7 Å². The van der Waals surface area contributed by atoms with Crippen molar-refractivity contribution in [1.29, 1.82) is 0 Å². The van der Waals surface area contributed by atoms with Crippen LogP contribution in [-0.4, -0.2) is 59.5 Å². The van der Waals surface area contributed by atoms with Crippen molar-refractivity contribution < 1.29 is 9.53 Å². The van der Waals surface area contributed by atoms with Crippen LogP contribution in [0.25, 0.3) is 11.3 Å². The lowest BCUT2D eigenvalue weighted by Crippen LogP contribution is -2.47. The summed E-state index contributed by atoms with van der Waals surface area (Å²) in [4.78, 5) is 14.7. The van der Waals surface area contributed by atoms with Gasteiger partial charge in [-0.1, -0.05) is 12.1 Å². The van der Waals surface area contributed by atoms with Gasteiger partial charge >= 0.3 is 6.03 Å². The molecule has 0 aliphatic carbocycles. The van der Waals surface area contributed by atoms with E-state index in [1.165, 1.54) is 12.8 Å². The van der Waals surface area contributed by atoms with E-state index in [2.05, 4.69) is 25.7 Å². The molecule has 0 saturated carbocycles. The van der Waals surface area contributed by atoms with Crippen molar-refractivity contribution in [3.63, 3.8) is 0 Å². The first-order chi connectivity index (χ1) is 13.3. The average molecular weight is 369 g/mol. The molecule has 0 unspecified atom stereocenters. The highest BCUT2D eigenvalue weighted by Gasteiger charge is 2.24. The first-order valence-corrected chi connectivity index (χ1v) is 9.77. The molecular formula is C20H27N5O2. The second-order valence-electron chi connectivity index (χ2n) is 7.36. The maximum Gasteiger partial charge on any atom is 0.319 e. The first-order valence-electron chi connectivity index (χ1n) is 9.77. The highest BCUT2D eigenvalue weighted by Crippen LogP contribution is 2.19. The van der Waals surface area contributed by atoms with E-state index in [1.807, 2.05) is 30.3 Å². The number of hydrogen-bond acceptors (Lipinski definition) is 4. The van der Waals surface area contributed by atoms with Gasteiger partial charge in [0, 0.05) is 44.2 Å². The number of H-pyrrole nitrogens is 1. The molecule has 2 aromatic rings. The lowest BCUT2D eigenvalue weighted by atomic mass is 10.0. The van der Waals surface area contributed by atoms with Crippen LogP contribution >= 0.6 is 0 Å². The van der Waals surface area contributed by atoms with Crippen LogP contribution < -0.4 is 10.6 Å². The number of urea groups is 1. The zero-order chi connectivity index (χ0) is 18.5. The molecular weight excluding hydrogens is 342 g/mol. The maximum absolute atomic E-state index is 12.3. The molecule has 144 valence electrons. The fourth-order valence-electron chi connectivity index (χ4n) is 3.84. The normalized spacial score (nSPS) is 21.3. The molecule has 2 amide bonds. The Morgan fingerprint density at radius 2 is 2.00 bits per heavy atom. The quantitative estimate of drug-likeness (QED) is 0.757. The minimum Gasteiger partial charge on any atom is -0.377 e. The summed E-state index contributed by atoms with van der Waals surface area (Å²) < 4.78 is 5.72. The van der Waals surface area contributed by atoms with Gasteiger partial charge in [0.25, 0.3) is 0 Å². The molecule has 2 aliphatic rings. The number of amides is 2. The van der Waals surface area contributed by atoms with E-state index in [0.29, 0.717) is 6.10 Å². The lowest BCUT2D eigenvalue weighted by Gasteiger charge is -2.33. The third-order valence-corrected chi connectivity index (χ3v) is 5.36. The van der Waals surface area contributed by atoms with Crippen molar-refractivity contribution in [2.45, 2.75) is 37.8 Å². The number of benzene rings is 1. The van der Waals surface area contributed by atoms with Gasteiger partial charge in [-0.15, -0.1) is 0 Å². The number of piperidine rings is 1. The van der Waals surface area contributed by atoms with E-state index in [1.54, 1.807) is 6.20 Å². The molecule has 2 aliphatic heterocycles. The first kappa shape index (κ1) is 18.0. The second kappa shape index (κ2) is 8.54. The molecule has 1 aromatic heterocycles. The SMILES string of the molecule is O=C(Nc1ccc(-c2ccn[nH]2)cc1)NC1CCN(C[C@H]2CCCO2)CC1. The Morgan fingerprint density at radius 1 is 1.19 bits per heavy atom. The molecule has 7 nitrogen and oxygen atoms in total. The summed E-state index contributed by atoms with van der Waals surface area (Å²) >= 11 is 0. The minimum atomic E-state index is -0.137. The summed E-state index contributed by atoms with van der Waals surface area (Å²) in [5.41, 5.74) is 2.78. The van der Waals surface area contributed by atoms with Crippen LogP contribution in [-0.2, 0) is 4.74 Å². The number of hydrogen-bond donors (Lipinski definition) is 3. The summed E-state index contributed by atoms with van der Waals surface area (Å²) in [5, 5.41) is 12.9. The van der Waals surface area contributed by atoms with Crippen molar-refractivity contribution >= 4 is 11.7 Å². The Hall–Kier alpha value is -2.38. The van der Waals surface area contributed by atoms with Gasteiger partial charge < -0.3 is 20.3 Å². The molecule has 27 heavy (non-hydrogen) atoms. The summed E-state index contributed by atoms with van der Waals surface area (Å²) in [7, 11) is 0. The van der Waals surface area contributed by atoms with Crippen molar-refractivity contribution in [2.75, 3.05) is 31.6 Å². The van der Waals surface area contributed by atoms with Gasteiger partial charge in [0.2, 0.25) is 0 Å². The van der Waals surface area contributed by atoms with Gasteiger partial charge in [0.15, 0.2) is 0 Å². The highest BCUT2D eigenvalue weighted by molar-refractivity contribution is 5.89. The Morgan fingerprint density at radius 3 is 2.67 bits per heavy atom. The number of anilines is 1. The molecule has 0 bridgehead atoms. The van der Waals surface area contributed by atoms with Gasteiger partial charge in [-0.05, 0) is 49.4 Å². The number of carbonyl (C=O) groups excluding carboxylic acids is 1. The number of rotatable bonds is 5. The zero-order valence-electron chi connectivity index (χ0n) is 15.5. The van der Waals surface area contributed by atoms with Crippen molar-refractivity contribution in [2.24, 2.45) is 0 Å². The molecule has 4 rings (SSSR count). The minimum absolute atomic E-state index is 0.137. The van der Waals surface area contributed by atoms with E-state index in [-0.39, 0.29) is 12.1 Å². The molecule has 2 saturated heterocycles. The second-order valence-corrected chi connectivity index (χ2v) is 7.36. The van der Waals surface area contributed by atoms with Gasteiger partial charge in [0.05, 0.1) is 11.8 Å². The molecule has 3 heterocycles. The van der Waals surface area contributed by atoms with E-state index >= 15 is 0 Å². The fraction of sp³-hybridized carbons (Fsp3) is 0.500.